The molecule has 51 heavy (non-hydrogen) atoms. The predicted molar refractivity (Wildman–Crippen MR) is 178 cm³/mol. The largest absolute Gasteiger partial charge is 0.481 e. The second kappa shape index (κ2) is 12.6. The van der Waals surface area contributed by atoms with Crippen LogP contribution in [0, 0.1) is 50.7 Å². The van der Waals surface area contributed by atoms with Crippen molar-refractivity contribution in [1.82, 2.24) is 0 Å². The molecule has 0 spiro atoms. The number of rotatable bonds is 5. The van der Waals surface area contributed by atoms with E-state index in [0.29, 0.717) is 19.3 Å². The fourth-order valence-corrected chi connectivity index (χ4v) is 12.2. The van der Waals surface area contributed by atoms with Crippen LogP contribution in [0.2, 0.25) is 0 Å². The van der Waals surface area contributed by atoms with E-state index in [1.54, 1.807) is 0 Å². The van der Waals surface area contributed by atoms with Crippen LogP contribution in [0.1, 0.15) is 93.4 Å². The van der Waals surface area contributed by atoms with E-state index in [1.807, 2.05) is 13.8 Å². The van der Waals surface area contributed by atoms with Gasteiger partial charge >= 0.3 is 17.9 Å². The lowest BCUT2D eigenvalue weighted by Crippen LogP contribution is -2.71. The summed E-state index contributed by atoms with van der Waals surface area (Å²) in [6, 6.07) is 0. The zero-order chi connectivity index (χ0) is 37.8. The minimum absolute atomic E-state index is 0.0696. The second-order valence-electron chi connectivity index (χ2n) is 18.0. The van der Waals surface area contributed by atoms with Crippen LogP contribution in [0.25, 0.3) is 0 Å². The zero-order valence-electron chi connectivity index (χ0n) is 31.0. The quantitative estimate of drug-likeness (QED) is 0.158. The molecule has 1 heterocycles. The van der Waals surface area contributed by atoms with E-state index in [1.165, 1.54) is 6.92 Å². The van der Waals surface area contributed by atoms with Gasteiger partial charge in [0.2, 0.25) is 0 Å². The molecule has 0 aromatic heterocycles. The summed E-state index contributed by atoms with van der Waals surface area (Å²) in [5.74, 6) is -4.14. The van der Waals surface area contributed by atoms with Gasteiger partial charge in [-0.2, -0.15) is 0 Å². The number of aliphatic hydroxyl groups is 4. The van der Waals surface area contributed by atoms with E-state index >= 15 is 0 Å². The SMILES string of the molecule is COC(=O)[C@H]1O[C@@H](O[C@H]2[C@@H](O)C[C@@]3(C)[C@@H](CC[C@]4(C)[C@@H]3CC=C3[C@@H]5CC(C)(C)CC[C@@H]5[C@@H](O)C(=O)[C@]34C)[C@]2(C)C(=O)O)[C@H](O)[C@@H](O)[C@@H]1OC(C)=O. The van der Waals surface area contributed by atoms with Gasteiger partial charge in [-0.1, -0.05) is 39.3 Å². The number of allylic oxidation sites excluding steroid dienone is 2. The van der Waals surface area contributed by atoms with Gasteiger partial charge in [0, 0.05) is 6.92 Å². The molecule has 0 aromatic rings. The fraction of sp³-hybridized carbons (Fsp3) is 0.842. The van der Waals surface area contributed by atoms with Crippen molar-refractivity contribution in [3.05, 3.63) is 11.6 Å². The molecular weight excluding hydrogens is 664 g/mol. The van der Waals surface area contributed by atoms with Gasteiger partial charge in [-0.15, -0.1) is 0 Å². The number of ether oxygens (including phenoxy) is 4. The molecule has 6 aliphatic rings. The smallest absolute Gasteiger partial charge is 0.339 e. The first kappa shape index (κ1) is 38.3. The molecule has 1 saturated heterocycles. The van der Waals surface area contributed by atoms with Crippen molar-refractivity contribution in [2.45, 2.75) is 142 Å². The summed E-state index contributed by atoms with van der Waals surface area (Å²) in [5, 5.41) is 56.5. The van der Waals surface area contributed by atoms with E-state index in [4.69, 9.17) is 18.9 Å². The van der Waals surface area contributed by atoms with Gasteiger partial charge in [0.25, 0.3) is 0 Å². The summed E-state index contributed by atoms with van der Waals surface area (Å²) < 4.78 is 21.7. The normalized spacial score (nSPS) is 50.4. The lowest BCUT2D eigenvalue weighted by atomic mass is 9.34. The molecule has 1 aliphatic heterocycles. The fourth-order valence-electron chi connectivity index (χ4n) is 12.2. The van der Waals surface area contributed by atoms with Gasteiger partial charge in [-0.05, 0) is 98.7 Å². The number of carboxylic acid groups (broad SMARTS) is 1. The molecule has 4 saturated carbocycles. The van der Waals surface area contributed by atoms with Gasteiger partial charge in [-0.25, -0.2) is 4.79 Å². The van der Waals surface area contributed by atoms with Crippen molar-refractivity contribution < 1.29 is 63.7 Å². The maximum Gasteiger partial charge on any atom is 0.339 e. The van der Waals surface area contributed by atoms with Crippen LogP contribution in [-0.2, 0) is 38.1 Å². The molecule has 0 radical (unpaired) electrons. The summed E-state index contributed by atoms with van der Waals surface area (Å²) in [5.41, 5.74) is -3.02. The Morgan fingerprint density at radius 1 is 0.922 bits per heavy atom. The van der Waals surface area contributed by atoms with E-state index in [2.05, 4.69) is 26.8 Å². The third-order valence-electron chi connectivity index (χ3n) is 15.0. The number of methoxy groups -OCH3 is 1. The zero-order valence-corrected chi connectivity index (χ0v) is 31.0. The highest BCUT2D eigenvalue weighted by Gasteiger charge is 2.73. The van der Waals surface area contributed by atoms with Gasteiger partial charge in [0.1, 0.15) is 24.4 Å². The highest BCUT2D eigenvalue weighted by atomic mass is 16.7. The predicted octanol–water partition coefficient (Wildman–Crippen LogP) is 2.54. The summed E-state index contributed by atoms with van der Waals surface area (Å²) in [7, 11) is 1.06. The summed E-state index contributed by atoms with van der Waals surface area (Å²) in [6.07, 6.45) is -6.48. The van der Waals surface area contributed by atoms with E-state index in [-0.39, 0.29) is 35.4 Å². The van der Waals surface area contributed by atoms with Crippen molar-refractivity contribution in [2.24, 2.45) is 50.7 Å². The second-order valence-corrected chi connectivity index (χ2v) is 18.0. The molecule has 6 rings (SSSR count). The Balaban J connectivity index is 1.35. The third-order valence-corrected chi connectivity index (χ3v) is 15.0. The van der Waals surface area contributed by atoms with Crippen molar-refractivity contribution in [3.63, 3.8) is 0 Å². The van der Waals surface area contributed by atoms with Gasteiger partial charge in [-0.3, -0.25) is 14.4 Å². The average molecular weight is 721 g/mol. The lowest BCUT2D eigenvalue weighted by Gasteiger charge is -2.70. The highest BCUT2D eigenvalue weighted by Crippen LogP contribution is 2.74. The van der Waals surface area contributed by atoms with Gasteiger partial charge in [0.15, 0.2) is 24.3 Å². The van der Waals surface area contributed by atoms with E-state index < -0.39 is 94.5 Å². The van der Waals surface area contributed by atoms with Crippen molar-refractivity contribution >= 4 is 23.7 Å². The molecule has 5 fully saturated rings. The summed E-state index contributed by atoms with van der Waals surface area (Å²) >= 11 is 0. The number of ketones is 1. The minimum atomic E-state index is -1.89. The molecule has 13 heteroatoms. The third kappa shape index (κ3) is 5.38. The lowest BCUT2D eigenvalue weighted by molar-refractivity contribution is -0.335. The number of hydrogen-bond acceptors (Lipinski definition) is 12. The molecule has 286 valence electrons. The Hall–Kier alpha value is -2.42. The van der Waals surface area contributed by atoms with Gasteiger partial charge in [0.05, 0.1) is 24.0 Å². The van der Waals surface area contributed by atoms with Crippen LogP contribution in [0.5, 0.6) is 0 Å². The molecule has 0 bridgehead atoms. The molecule has 5 aliphatic carbocycles. The van der Waals surface area contributed by atoms with Crippen LogP contribution < -0.4 is 0 Å². The first-order valence-corrected chi connectivity index (χ1v) is 18.4. The molecule has 16 atom stereocenters. The number of hydrogen-bond donors (Lipinski definition) is 5. The highest BCUT2D eigenvalue weighted by molar-refractivity contribution is 5.94. The Labute approximate surface area is 299 Å². The summed E-state index contributed by atoms with van der Waals surface area (Å²) in [6.45, 7) is 13.1. The van der Waals surface area contributed by atoms with Gasteiger partial charge < -0.3 is 44.5 Å². The number of Topliss-reactive ketones (excluding diaryl/α,β-unsaturated/α-hetero) is 1. The standard InChI is InChI=1S/C38H56O13/c1-17(39)49-27-25(42)26(43)32(50-28(27)31(45)48-8)51-30-21(40)16-35(4)22-10-9-20-19-15-34(2,3)13-11-18(19)24(41)29(44)38(20,7)36(22,5)14-12-23(35)37(30,6)33(46)47/h9,18-19,21-28,30,32,40-43H,10-16H2,1-8H3,(H,46,47)/t18-,19+,21-,22+,23+,24+,25+,26+,27-,28-,30-,32-,35+,36+,37-,38-/m0/s1. The average Bonchev–Trinajstić information content (AvgIpc) is 3.04. The van der Waals surface area contributed by atoms with Crippen LogP contribution in [0.3, 0.4) is 0 Å². The molecular formula is C38H56O13. The Bertz CT molecular complexity index is 1490. The number of carbonyl (C=O) groups excluding carboxylic acids is 3. The number of esters is 2. The number of carboxylic acids is 1. The Kier molecular flexibility index (Phi) is 9.45. The number of aliphatic hydroxyl groups excluding tert-OH is 4. The minimum Gasteiger partial charge on any atom is -0.481 e. The van der Waals surface area contributed by atoms with Crippen molar-refractivity contribution in [1.29, 1.82) is 0 Å². The topological polar surface area (TPSA) is 206 Å². The van der Waals surface area contributed by atoms with Crippen molar-refractivity contribution in [3.8, 4) is 0 Å². The summed E-state index contributed by atoms with van der Waals surface area (Å²) in [4.78, 5) is 52.3. The maximum absolute atomic E-state index is 14.5. The van der Waals surface area contributed by atoms with E-state index in [0.717, 1.165) is 38.9 Å². The molecule has 13 nitrogen and oxygen atoms in total. The van der Waals surface area contributed by atoms with Crippen LogP contribution in [0.15, 0.2) is 11.6 Å². The first-order valence-electron chi connectivity index (χ1n) is 18.4. The Morgan fingerprint density at radius 3 is 2.20 bits per heavy atom. The number of carbonyl (C=O) groups is 4. The number of fused-ring (bicyclic) bond motifs is 7. The van der Waals surface area contributed by atoms with Crippen LogP contribution in [-0.4, -0.2) is 105 Å². The first-order chi connectivity index (χ1) is 23.6. The molecule has 0 unspecified atom stereocenters. The maximum atomic E-state index is 14.5. The Morgan fingerprint density at radius 2 is 1.59 bits per heavy atom. The monoisotopic (exact) mass is 720 g/mol. The van der Waals surface area contributed by atoms with Crippen molar-refractivity contribution in [2.75, 3.05) is 7.11 Å². The molecule has 5 N–H and O–H groups in total. The van der Waals surface area contributed by atoms with Crippen LogP contribution >= 0.6 is 0 Å². The molecule has 0 aromatic carbocycles. The number of aliphatic carboxylic acids is 1. The van der Waals surface area contributed by atoms with E-state index in [9.17, 15) is 44.7 Å². The molecule has 0 amide bonds. The van der Waals surface area contributed by atoms with Crippen LogP contribution in [0.4, 0.5) is 0 Å².